The van der Waals surface area contributed by atoms with Gasteiger partial charge >= 0.3 is 0 Å². The van der Waals surface area contributed by atoms with E-state index < -0.39 is 0 Å². The van der Waals surface area contributed by atoms with Gasteiger partial charge in [-0.2, -0.15) is 4.98 Å². The van der Waals surface area contributed by atoms with Gasteiger partial charge in [0.2, 0.25) is 11.7 Å². The Kier molecular flexibility index (Phi) is 3.90. The predicted molar refractivity (Wildman–Crippen MR) is 93.6 cm³/mol. The van der Waals surface area contributed by atoms with Gasteiger partial charge in [0.25, 0.3) is 0 Å². The standard InChI is InChI=1S/C20H19N3O3/c1-2-13(11-21-9-1)12-24-15-5-3-14(4-6-15)19-22-20(26-23-19)17-10-16-7-8-18(17)25-16/h1-6,9,11,16-18H,7-8,10,12H2/t16-,17-,18-/m1/s1. The molecule has 0 aliphatic carbocycles. The molecule has 6 heteroatoms. The fourth-order valence-corrected chi connectivity index (χ4v) is 3.75. The van der Waals surface area contributed by atoms with Crippen LogP contribution in [0.5, 0.6) is 5.75 Å². The zero-order valence-corrected chi connectivity index (χ0v) is 14.2. The fourth-order valence-electron chi connectivity index (χ4n) is 3.75. The molecule has 2 saturated heterocycles. The van der Waals surface area contributed by atoms with Crippen LogP contribution < -0.4 is 4.74 Å². The van der Waals surface area contributed by atoms with Crippen molar-refractivity contribution in [3.8, 4) is 17.1 Å². The number of rotatable bonds is 5. The molecule has 0 spiro atoms. The van der Waals surface area contributed by atoms with E-state index in [-0.39, 0.29) is 12.0 Å². The van der Waals surface area contributed by atoms with Gasteiger partial charge in [-0.15, -0.1) is 0 Å². The Bertz CT molecular complexity index is 879. The van der Waals surface area contributed by atoms with Crippen molar-refractivity contribution in [2.75, 3.05) is 0 Å². The Balaban J connectivity index is 1.26. The highest BCUT2D eigenvalue weighted by Crippen LogP contribution is 2.44. The van der Waals surface area contributed by atoms with Gasteiger partial charge in [-0.25, -0.2) is 0 Å². The van der Waals surface area contributed by atoms with Gasteiger partial charge < -0.3 is 14.0 Å². The number of fused-ring (bicyclic) bond motifs is 2. The third kappa shape index (κ3) is 2.97. The Morgan fingerprint density at radius 3 is 2.77 bits per heavy atom. The van der Waals surface area contributed by atoms with Crippen LogP contribution in [0.15, 0.2) is 53.3 Å². The first-order valence-corrected chi connectivity index (χ1v) is 8.96. The largest absolute Gasteiger partial charge is 0.489 e. The first-order valence-electron chi connectivity index (χ1n) is 8.96. The lowest BCUT2D eigenvalue weighted by atomic mass is 9.89. The van der Waals surface area contributed by atoms with Crippen LogP contribution in [0, 0.1) is 0 Å². The molecule has 0 unspecified atom stereocenters. The zero-order chi connectivity index (χ0) is 17.3. The third-order valence-corrected chi connectivity index (χ3v) is 5.11. The average Bonchev–Trinajstić information content (AvgIpc) is 3.44. The number of nitrogens with zero attached hydrogens (tertiary/aromatic N) is 3. The van der Waals surface area contributed by atoms with Crippen molar-refractivity contribution in [2.45, 2.75) is 44.0 Å². The first kappa shape index (κ1) is 15.5. The minimum Gasteiger partial charge on any atom is -0.489 e. The number of benzene rings is 1. The highest BCUT2D eigenvalue weighted by Gasteiger charge is 2.44. The molecule has 3 atom stereocenters. The summed E-state index contributed by atoms with van der Waals surface area (Å²) in [5.41, 5.74) is 1.95. The molecule has 2 bridgehead atoms. The van der Waals surface area contributed by atoms with Crippen molar-refractivity contribution in [1.29, 1.82) is 0 Å². The van der Waals surface area contributed by atoms with Gasteiger partial charge in [0, 0.05) is 23.5 Å². The molecule has 4 heterocycles. The second-order valence-corrected chi connectivity index (χ2v) is 6.85. The molecule has 1 aromatic carbocycles. The van der Waals surface area contributed by atoms with Crippen molar-refractivity contribution in [3.63, 3.8) is 0 Å². The van der Waals surface area contributed by atoms with Crippen LogP contribution in [0.2, 0.25) is 0 Å². The van der Waals surface area contributed by atoms with E-state index in [4.69, 9.17) is 14.0 Å². The second-order valence-electron chi connectivity index (χ2n) is 6.85. The van der Waals surface area contributed by atoms with Crippen LogP contribution in [-0.2, 0) is 11.3 Å². The summed E-state index contributed by atoms with van der Waals surface area (Å²) in [5.74, 6) is 2.35. The summed E-state index contributed by atoms with van der Waals surface area (Å²) >= 11 is 0. The smallest absolute Gasteiger partial charge is 0.232 e. The lowest BCUT2D eigenvalue weighted by molar-refractivity contribution is 0.0974. The number of aromatic nitrogens is 3. The van der Waals surface area contributed by atoms with Gasteiger partial charge in [0.15, 0.2) is 0 Å². The topological polar surface area (TPSA) is 70.3 Å². The van der Waals surface area contributed by atoms with Gasteiger partial charge in [-0.3, -0.25) is 4.98 Å². The molecule has 26 heavy (non-hydrogen) atoms. The van der Waals surface area contributed by atoms with Crippen LogP contribution in [0.25, 0.3) is 11.4 Å². The molecule has 0 radical (unpaired) electrons. The molecule has 2 aliphatic rings. The minimum absolute atomic E-state index is 0.247. The van der Waals surface area contributed by atoms with Crippen LogP contribution in [0.3, 0.4) is 0 Å². The number of pyridine rings is 1. The summed E-state index contributed by atoms with van der Waals surface area (Å²) < 4.78 is 17.2. The maximum atomic E-state index is 5.88. The van der Waals surface area contributed by atoms with Crippen molar-refractivity contribution in [3.05, 3.63) is 60.2 Å². The van der Waals surface area contributed by atoms with Gasteiger partial charge in [0.1, 0.15) is 12.4 Å². The molecule has 5 rings (SSSR count). The second kappa shape index (κ2) is 6.53. The van der Waals surface area contributed by atoms with E-state index in [1.807, 2.05) is 36.4 Å². The van der Waals surface area contributed by atoms with E-state index in [1.54, 1.807) is 12.4 Å². The molecule has 0 N–H and O–H groups in total. The Morgan fingerprint density at radius 1 is 1.12 bits per heavy atom. The SMILES string of the molecule is c1cncc(COc2ccc(-c3noc([C@@H]4C[C@H]5CC[C@H]4O5)n3)cc2)c1. The average molecular weight is 349 g/mol. The molecule has 2 aromatic heterocycles. The summed E-state index contributed by atoms with van der Waals surface area (Å²) in [6.07, 6.45) is 7.41. The molecule has 0 amide bonds. The van der Waals surface area contributed by atoms with E-state index >= 15 is 0 Å². The van der Waals surface area contributed by atoms with Gasteiger partial charge in [0.05, 0.1) is 18.1 Å². The normalized spacial score (nSPS) is 24.1. The van der Waals surface area contributed by atoms with E-state index in [0.29, 0.717) is 24.4 Å². The monoisotopic (exact) mass is 349 g/mol. The maximum Gasteiger partial charge on any atom is 0.232 e. The van der Waals surface area contributed by atoms with Crippen LogP contribution in [0.4, 0.5) is 0 Å². The summed E-state index contributed by atoms with van der Waals surface area (Å²) in [7, 11) is 0. The van der Waals surface area contributed by atoms with E-state index in [1.165, 1.54) is 0 Å². The fraction of sp³-hybridized carbons (Fsp3) is 0.350. The van der Waals surface area contributed by atoms with E-state index in [9.17, 15) is 0 Å². The summed E-state index contributed by atoms with van der Waals surface area (Å²) in [4.78, 5) is 8.68. The molecule has 132 valence electrons. The molecule has 0 saturated carbocycles. The summed E-state index contributed by atoms with van der Waals surface area (Å²) in [6.45, 7) is 0.490. The summed E-state index contributed by atoms with van der Waals surface area (Å²) in [6, 6.07) is 11.6. The highest BCUT2D eigenvalue weighted by atomic mass is 16.5. The maximum absolute atomic E-state index is 5.88. The lowest BCUT2D eigenvalue weighted by Crippen LogP contribution is -2.14. The van der Waals surface area contributed by atoms with E-state index in [2.05, 4.69) is 15.1 Å². The Morgan fingerprint density at radius 2 is 2.04 bits per heavy atom. The van der Waals surface area contributed by atoms with Crippen LogP contribution in [0.1, 0.15) is 36.6 Å². The van der Waals surface area contributed by atoms with Crippen molar-refractivity contribution in [2.24, 2.45) is 0 Å². The first-order chi connectivity index (χ1) is 12.8. The van der Waals surface area contributed by atoms with Crippen LogP contribution in [-0.4, -0.2) is 27.3 Å². The number of ether oxygens (including phenoxy) is 2. The van der Waals surface area contributed by atoms with Gasteiger partial charge in [-0.1, -0.05) is 11.2 Å². The molecule has 2 aliphatic heterocycles. The number of hydrogen-bond acceptors (Lipinski definition) is 6. The Hall–Kier alpha value is -2.73. The van der Waals surface area contributed by atoms with Crippen LogP contribution >= 0.6 is 0 Å². The zero-order valence-electron chi connectivity index (χ0n) is 14.2. The molecule has 3 aromatic rings. The third-order valence-electron chi connectivity index (χ3n) is 5.11. The van der Waals surface area contributed by atoms with Crippen molar-refractivity contribution >= 4 is 0 Å². The lowest BCUT2D eigenvalue weighted by Gasteiger charge is -2.13. The summed E-state index contributed by atoms with van der Waals surface area (Å²) in [5, 5.41) is 4.15. The molecule has 6 nitrogen and oxygen atoms in total. The molecular weight excluding hydrogens is 330 g/mol. The van der Waals surface area contributed by atoms with Crippen molar-refractivity contribution in [1.82, 2.24) is 15.1 Å². The minimum atomic E-state index is 0.247. The number of hydrogen-bond donors (Lipinski definition) is 0. The van der Waals surface area contributed by atoms with Gasteiger partial charge in [-0.05, 0) is 49.6 Å². The molecule has 2 fully saturated rings. The highest BCUT2D eigenvalue weighted by molar-refractivity contribution is 5.55. The quantitative estimate of drug-likeness (QED) is 0.699. The van der Waals surface area contributed by atoms with Crippen molar-refractivity contribution < 1.29 is 14.0 Å². The Labute approximate surface area is 151 Å². The molecular formula is C20H19N3O3. The van der Waals surface area contributed by atoms with E-state index in [0.717, 1.165) is 36.1 Å². The predicted octanol–water partition coefficient (Wildman–Crippen LogP) is 3.75.